The van der Waals surface area contributed by atoms with E-state index < -0.39 is 4.92 Å². The molecule has 174 valence electrons. The number of amides is 1. The van der Waals surface area contributed by atoms with Crippen molar-refractivity contribution in [3.8, 4) is 0 Å². The monoisotopic (exact) mass is 483 g/mol. The molecular formula is C25H29N3O3S2. The van der Waals surface area contributed by atoms with Crippen molar-refractivity contribution in [2.24, 2.45) is 4.99 Å². The average Bonchev–Trinajstić information content (AvgIpc) is 3.03. The number of amidine groups is 1. The van der Waals surface area contributed by atoms with Gasteiger partial charge < -0.3 is 0 Å². The molecule has 0 N–H and O–H groups in total. The first kappa shape index (κ1) is 25.1. The van der Waals surface area contributed by atoms with Crippen molar-refractivity contribution >= 4 is 52.0 Å². The van der Waals surface area contributed by atoms with Gasteiger partial charge in [0, 0.05) is 18.2 Å². The Hall–Kier alpha value is -2.58. The molecular weight excluding hydrogens is 454 g/mol. The molecule has 6 nitrogen and oxygen atoms in total. The SMILES string of the molecule is CSCCCN1C(=O)C(=Cc2ccc(C)c([N+](=O)[O-])c2)SC1=Nc1ccc(C(C)(C)C)cc1. The lowest BCUT2D eigenvalue weighted by atomic mass is 9.87. The maximum absolute atomic E-state index is 13.2. The summed E-state index contributed by atoms with van der Waals surface area (Å²) in [6, 6.07) is 13.1. The van der Waals surface area contributed by atoms with Crippen molar-refractivity contribution in [2.75, 3.05) is 18.6 Å². The molecule has 2 aromatic carbocycles. The topological polar surface area (TPSA) is 75.8 Å². The molecule has 0 aliphatic carbocycles. The van der Waals surface area contributed by atoms with E-state index in [0.717, 1.165) is 17.9 Å². The fourth-order valence-corrected chi connectivity index (χ4v) is 4.81. The molecule has 0 aromatic heterocycles. The number of aryl methyl sites for hydroxylation is 1. The van der Waals surface area contributed by atoms with Crippen molar-refractivity contribution in [2.45, 2.75) is 39.5 Å². The zero-order chi connectivity index (χ0) is 24.2. The van der Waals surface area contributed by atoms with Crippen LogP contribution in [0.4, 0.5) is 11.4 Å². The smallest absolute Gasteiger partial charge is 0.272 e. The minimum absolute atomic E-state index is 0.0458. The number of nitro benzene ring substituents is 1. The van der Waals surface area contributed by atoms with Crippen LogP contribution in [0.3, 0.4) is 0 Å². The van der Waals surface area contributed by atoms with E-state index in [2.05, 4.69) is 32.9 Å². The van der Waals surface area contributed by atoms with E-state index in [9.17, 15) is 14.9 Å². The summed E-state index contributed by atoms with van der Waals surface area (Å²) in [5.74, 6) is 0.833. The first-order valence-electron chi connectivity index (χ1n) is 10.7. The molecule has 33 heavy (non-hydrogen) atoms. The Bertz CT molecular complexity index is 1100. The highest BCUT2D eigenvalue weighted by atomic mass is 32.2. The van der Waals surface area contributed by atoms with Crippen LogP contribution < -0.4 is 0 Å². The van der Waals surface area contributed by atoms with Crippen LogP contribution in [-0.2, 0) is 10.2 Å². The Balaban J connectivity index is 1.93. The molecule has 0 unspecified atom stereocenters. The van der Waals surface area contributed by atoms with E-state index in [1.807, 2.05) is 18.4 Å². The average molecular weight is 484 g/mol. The van der Waals surface area contributed by atoms with Crippen LogP contribution in [0.5, 0.6) is 0 Å². The highest BCUT2D eigenvalue weighted by molar-refractivity contribution is 8.18. The standard InChI is InChI=1S/C25H29N3O3S2/c1-17-7-8-18(15-21(17)28(30)31)16-22-23(29)27(13-6-14-32-5)24(33-22)26-20-11-9-19(10-12-20)25(2,3)4/h7-12,15-16H,6,13-14H2,1-5H3. The van der Waals surface area contributed by atoms with E-state index in [4.69, 9.17) is 4.99 Å². The lowest BCUT2D eigenvalue weighted by Gasteiger charge is -2.19. The molecule has 1 aliphatic rings. The van der Waals surface area contributed by atoms with Gasteiger partial charge in [0.05, 0.1) is 15.5 Å². The van der Waals surface area contributed by atoms with Gasteiger partial charge in [-0.1, -0.05) is 45.0 Å². The van der Waals surface area contributed by atoms with E-state index in [-0.39, 0.29) is 17.0 Å². The molecule has 0 radical (unpaired) electrons. The molecule has 1 heterocycles. The highest BCUT2D eigenvalue weighted by Crippen LogP contribution is 2.35. The molecule has 0 atom stereocenters. The van der Waals surface area contributed by atoms with Crippen molar-refractivity contribution < 1.29 is 9.72 Å². The van der Waals surface area contributed by atoms with E-state index >= 15 is 0 Å². The molecule has 8 heteroatoms. The summed E-state index contributed by atoms with van der Waals surface area (Å²) >= 11 is 3.05. The van der Waals surface area contributed by atoms with Crippen LogP contribution in [0, 0.1) is 17.0 Å². The molecule has 0 bridgehead atoms. The lowest BCUT2D eigenvalue weighted by molar-refractivity contribution is -0.385. The molecule has 0 spiro atoms. The minimum Gasteiger partial charge on any atom is -0.286 e. The van der Waals surface area contributed by atoms with Gasteiger partial charge in [0.25, 0.3) is 11.6 Å². The summed E-state index contributed by atoms with van der Waals surface area (Å²) in [7, 11) is 0. The first-order chi connectivity index (χ1) is 15.6. The Morgan fingerprint density at radius 2 is 1.88 bits per heavy atom. The zero-order valence-corrected chi connectivity index (χ0v) is 21.3. The number of thioether (sulfide) groups is 2. The molecule has 1 aliphatic heterocycles. The normalized spacial score (nSPS) is 16.8. The summed E-state index contributed by atoms with van der Waals surface area (Å²) in [6.45, 7) is 8.78. The Morgan fingerprint density at radius 1 is 1.18 bits per heavy atom. The predicted octanol–water partition coefficient (Wildman–Crippen LogP) is 6.56. The number of hydrogen-bond acceptors (Lipinski definition) is 6. The number of aliphatic imine (C=N–C) groups is 1. The summed E-state index contributed by atoms with van der Waals surface area (Å²) < 4.78 is 0. The van der Waals surface area contributed by atoms with Gasteiger partial charge in [-0.3, -0.25) is 19.8 Å². The van der Waals surface area contributed by atoms with Crippen molar-refractivity contribution in [3.63, 3.8) is 0 Å². The fraction of sp³-hybridized carbons (Fsp3) is 0.360. The molecule has 1 amide bonds. The second-order valence-corrected chi connectivity index (χ2v) is 10.9. The van der Waals surface area contributed by atoms with E-state index in [1.165, 1.54) is 23.4 Å². The summed E-state index contributed by atoms with van der Waals surface area (Å²) in [5.41, 5.74) is 3.33. The number of carbonyl (C=O) groups excluding carboxylic acids is 1. The van der Waals surface area contributed by atoms with Gasteiger partial charge in [-0.25, -0.2) is 4.99 Å². The molecule has 1 saturated heterocycles. The molecule has 0 saturated carbocycles. The fourth-order valence-electron chi connectivity index (χ4n) is 3.37. The third-order valence-electron chi connectivity index (χ3n) is 5.30. The van der Waals surface area contributed by atoms with Gasteiger partial charge in [0.15, 0.2) is 5.17 Å². The van der Waals surface area contributed by atoms with E-state index in [0.29, 0.717) is 27.7 Å². The Morgan fingerprint density at radius 3 is 2.48 bits per heavy atom. The van der Waals surface area contributed by atoms with E-state index in [1.54, 1.807) is 41.8 Å². The first-order valence-corrected chi connectivity index (χ1v) is 13.0. The summed E-state index contributed by atoms with van der Waals surface area (Å²) in [4.78, 5) is 31.1. The van der Waals surface area contributed by atoms with Crippen molar-refractivity contribution in [3.05, 3.63) is 74.2 Å². The maximum Gasteiger partial charge on any atom is 0.272 e. The molecule has 2 aromatic rings. The van der Waals surface area contributed by atoms with Crippen LogP contribution in [0.1, 0.15) is 43.9 Å². The van der Waals surface area contributed by atoms with Gasteiger partial charge in [0.2, 0.25) is 0 Å². The Labute approximate surface area is 203 Å². The second kappa shape index (κ2) is 10.6. The third-order valence-corrected chi connectivity index (χ3v) is 7.01. The van der Waals surface area contributed by atoms with Gasteiger partial charge in [0.1, 0.15) is 0 Å². The summed E-state index contributed by atoms with van der Waals surface area (Å²) in [6.07, 6.45) is 4.62. The van der Waals surface area contributed by atoms with Crippen LogP contribution in [0.2, 0.25) is 0 Å². The highest BCUT2D eigenvalue weighted by Gasteiger charge is 2.33. The number of hydrogen-bond donors (Lipinski definition) is 0. The van der Waals surface area contributed by atoms with Crippen molar-refractivity contribution in [1.82, 2.24) is 4.90 Å². The number of benzene rings is 2. The lowest BCUT2D eigenvalue weighted by Crippen LogP contribution is -2.30. The van der Waals surface area contributed by atoms with Crippen LogP contribution in [0.25, 0.3) is 6.08 Å². The number of rotatable bonds is 7. The number of nitrogens with zero attached hydrogens (tertiary/aromatic N) is 3. The molecule has 1 fully saturated rings. The zero-order valence-electron chi connectivity index (χ0n) is 19.6. The molecule has 3 rings (SSSR count). The van der Waals surface area contributed by atoms with Crippen LogP contribution >= 0.6 is 23.5 Å². The Kier molecular flexibility index (Phi) is 8.02. The van der Waals surface area contributed by atoms with Gasteiger partial charge in [-0.15, -0.1) is 0 Å². The van der Waals surface area contributed by atoms with Gasteiger partial charge >= 0.3 is 0 Å². The number of nitro groups is 1. The minimum atomic E-state index is -0.399. The van der Waals surface area contributed by atoms with Gasteiger partial charge in [-0.2, -0.15) is 11.8 Å². The van der Waals surface area contributed by atoms with Gasteiger partial charge in [-0.05, 0) is 71.9 Å². The second-order valence-electron chi connectivity index (χ2n) is 8.91. The van der Waals surface area contributed by atoms with Crippen LogP contribution in [0.15, 0.2) is 52.4 Å². The largest absolute Gasteiger partial charge is 0.286 e. The number of carbonyl (C=O) groups is 1. The maximum atomic E-state index is 13.2. The quantitative estimate of drug-likeness (QED) is 0.193. The van der Waals surface area contributed by atoms with Crippen molar-refractivity contribution in [1.29, 1.82) is 0 Å². The van der Waals surface area contributed by atoms with Crippen LogP contribution in [-0.4, -0.2) is 39.5 Å². The third kappa shape index (κ3) is 6.26. The summed E-state index contributed by atoms with van der Waals surface area (Å²) in [5, 5.41) is 11.9. The predicted molar refractivity (Wildman–Crippen MR) is 140 cm³/mol.